The average Bonchev–Trinajstić information content (AvgIpc) is 2.76. The molecular weight excluding hydrogens is 246 g/mol. The monoisotopic (exact) mass is 269 g/mol. The normalized spacial score (nSPS) is 21.6. The number of nitrogens with two attached hydrogens (primary N) is 1. The van der Waals surface area contributed by atoms with E-state index in [-0.39, 0.29) is 6.04 Å². The summed E-state index contributed by atoms with van der Waals surface area (Å²) in [6.45, 7) is 9.22. The highest BCUT2D eigenvalue weighted by Gasteiger charge is 2.66. The van der Waals surface area contributed by atoms with Crippen LogP contribution < -0.4 is 5.73 Å². The summed E-state index contributed by atoms with van der Waals surface area (Å²) >= 11 is 0. The number of rotatable bonds is 3. The fraction of sp³-hybridized carbons (Fsp3) is 0.471. The Morgan fingerprint density at radius 2 is 1.70 bits per heavy atom. The summed E-state index contributed by atoms with van der Waals surface area (Å²) in [5, 5.41) is 4.45. The molecule has 2 aromatic rings. The molecule has 1 atom stereocenters. The Balaban J connectivity index is 1.85. The Morgan fingerprint density at radius 3 is 2.25 bits per heavy atom. The van der Waals surface area contributed by atoms with E-state index in [1.54, 1.807) is 0 Å². The highest BCUT2D eigenvalue weighted by atomic mass is 15.3. The lowest BCUT2D eigenvalue weighted by Gasteiger charge is -2.11. The van der Waals surface area contributed by atoms with Gasteiger partial charge in [-0.05, 0) is 28.9 Å². The summed E-state index contributed by atoms with van der Waals surface area (Å²) in [6.07, 6.45) is 3.96. The van der Waals surface area contributed by atoms with Crippen molar-refractivity contribution < 1.29 is 0 Å². The van der Waals surface area contributed by atoms with Gasteiger partial charge in [-0.2, -0.15) is 5.10 Å². The highest BCUT2D eigenvalue weighted by Crippen LogP contribution is 2.71. The molecule has 3 heteroatoms. The minimum absolute atomic E-state index is 0.0532. The first-order valence-electron chi connectivity index (χ1n) is 7.21. The lowest BCUT2D eigenvalue weighted by atomic mass is 10.0. The molecule has 0 spiro atoms. The van der Waals surface area contributed by atoms with E-state index in [2.05, 4.69) is 39.0 Å². The van der Waals surface area contributed by atoms with E-state index in [0.717, 1.165) is 11.3 Å². The summed E-state index contributed by atoms with van der Waals surface area (Å²) < 4.78 is 1.90. The number of nitrogens with zero attached hydrogens (tertiary/aromatic N) is 2. The maximum Gasteiger partial charge on any atom is 0.0645 e. The zero-order valence-corrected chi connectivity index (χ0v) is 12.7. The molecule has 1 aromatic heterocycles. The molecule has 1 saturated carbocycles. The number of hydrogen-bond acceptors (Lipinski definition) is 2. The fourth-order valence-corrected chi connectivity index (χ4v) is 3.57. The third kappa shape index (κ3) is 1.80. The van der Waals surface area contributed by atoms with Gasteiger partial charge < -0.3 is 5.73 Å². The van der Waals surface area contributed by atoms with Crippen molar-refractivity contribution in [2.75, 3.05) is 0 Å². The first-order chi connectivity index (χ1) is 9.35. The molecular formula is C17H23N3. The van der Waals surface area contributed by atoms with Crippen LogP contribution in [0.25, 0.3) is 5.69 Å². The van der Waals surface area contributed by atoms with E-state index in [9.17, 15) is 0 Å². The van der Waals surface area contributed by atoms with E-state index in [1.807, 2.05) is 41.2 Å². The van der Waals surface area contributed by atoms with Crippen LogP contribution in [0.15, 0.2) is 42.7 Å². The van der Waals surface area contributed by atoms with E-state index in [1.165, 1.54) is 0 Å². The third-order valence-corrected chi connectivity index (χ3v) is 5.50. The molecule has 0 bridgehead atoms. The molecule has 1 aromatic carbocycles. The molecule has 0 amide bonds. The smallest absolute Gasteiger partial charge is 0.0645 e. The summed E-state index contributed by atoms with van der Waals surface area (Å²) in [7, 11) is 0. The fourth-order valence-electron chi connectivity index (χ4n) is 3.57. The van der Waals surface area contributed by atoms with Gasteiger partial charge in [0.05, 0.1) is 11.9 Å². The lowest BCUT2D eigenvalue weighted by molar-refractivity contribution is 0.457. The molecule has 1 aliphatic rings. The first-order valence-corrected chi connectivity index (χ1v) is 7.21. The van der Waals surface area contributed by atoms with Gasteiger partial charge in [0.1, 0.15) is 0 Å². The van der Waals surface area contributed by atoms with Crippen LogP contribution in [-0.4, -0.2) is 9.78 Å². The zero-order valence-electron chi connectivity index (χ0n) is 12.7. The molecule has 1 aliphatic carbocycles. The van der Waals surface area contributed by atoms with Gasteiger partial charge in [0.15, 0.2) is 0 Å². The quantitative estimate of drug-likeness (QED) is 0.926. The Bertz CT molecular complexity index is 596. The second-order valence-corrected chi connectivity index (χ2v) is 7.00. The van der Waals surface area contributed by atoms with Gasteiger partial charge >= 0.3 is 0 Å². The van der Waals surface area contributed by atoms with Crippen LogP contribution in [-0.2, 0) is 0 Å². The van der Waals surface area contributed by atoms with Crippen molar-refractivity contribution in [1.29, 1.82) is 0 Å². The summed E-state index contributed by atoms with van der Waals surface area (Å²) in [4.78, 5) is 0. The number of para-hydroxylation sites is 1. The molecule has 20 heavy (non-hydrogen) atoms. The van der Waals surface area contributed by atoms with E-state index in [4.69, 9.17) is 5.73 Å². The van der Waals surface area contributed by atoms with E-state index >= 15 is 0 Å². The van der Waals surface area contributed by atoms with Crippen LogP contribution in [0.2, 0.25) is 0 Å². The Kier molecular flexibility index (Phi) is 2.80. The topological polar surface area (TPSA) is 43.8 Å². The zero-order chi connectivity index (χ0) is 14.5. The second kappa shape index (κ2) is 4.19. The van der Waals surface area contributed by atoms with Crippen molar-refractivity contribution in [3.05, 3.63) is 48.3 Å². The summed E-state index contributed by atoms with van der Waals surface area (Å²) in [6, 6.07) is 10.2. The second-order valence-electron chi connectivity index (χ2n) is 7.00. The lowest BCUT2D eigenvalue weighted by Crippen LogP contribution is -2.15. The van der Waals surface area contributed by atoms with Crippen LogP contribution in [0.1, 0.15) is 39.3 Å². The van der Waals surface area contributed by atoms with Gasteiger partial charge in [-0.3, -0.25) is 0 Å². The third-order valence-electron chi connectivity index (χ3n) is 5.50. The molecule has 0 aliphatic heterocycles. The standard InChI is InChI=1S/C17H23N3/c1-16(2)15(17(16,3)4)14(18)12-10-19-20(11-12)13-8-6-5-7-9-13/h5-11,14-15H,18H2,1-4H3. The van der Waals surface area contributed by atoms with Crippen molar-refractivity contribution in [3.63, 3.8) is 0 Å². The Labute approximate surface area is 120 Å². The first kappa shape index (κ1) is 13.4. The largest absolute Gasteiger partial charge is 0.324 e. The minimum atomic E-state index is 0.0532. The van der Waals surface area contributed by atoms with Gasteiger partial charge in [-0.1, -0.05) is 45.9 Å². The van der Waals surface area contributed by atoms with Gasteiger partial charge in [0.25, 0.3) is 0 Å². The molecule has 1 heterocycles. The number of aromatic nitrogens is 2. The van der Waals surface area contributed by atoms with Crippen LogP contribution in [0.3, 0.4) is 0 Å². The van der Waals surface area contributed by atoms with E-state index in [0.29, 0.717) is 16.7 Å². The molecule has 106 valence electrons. The summed E-state index contributed by atoms with van der Waals surface area (Å²) in [5.41, 5.74) is 9.27. The maximum atomic E-state index is 6.49. The van der Waals surface area contributed by atoms with Crippen LogP contribution in [0.4, 0.5) is 0 Å². The van der Waals surface area contributed by atoms with Gasteiger partial charge in [0, 0.05) is 17.8 Å². The molecule has 1 fully saturated rings. The van der Waals surface area contributed by atoms with Crippen molar-refractivity contribution in [3.8, 4) is 5.69 Å². The summed E-state index contributed by atoms with van der Waals surface area (Å²) in [5.74, 6) is 0.503. The minimum Gasteiger partial charge on any atom is -0.324 e. The average molecular weight is 269 g/mol. The molecule has 3 rings (SSSR count). The van der Waals surface area contributed by atoms with Crippen molar-refractivity contribution in [1.82, 2.24) is 9.78 Å². The van der Waals surface area contributed by atoms with Crippen LogP contribution in [0.5, 0.6) is 0 Å². The van der Waals surface area contributed by atoms with Crippen molar-refractivity contribution in [2.45, 2.75) is 33.7 Å². The van der Waals surface area contributed by atoms with E-state index < -0.39 is 0 Å². The molecule has 2 N–H and O–H groups in total. The molecule has 1 unspecified atom stereocenters. The highest BCUT2D eigenvalue weighted by molar-refractivity contribution is 5.32. The maximum absolute atomic E-state index is 6.49. The predicted molar refractivity (Wildman–Crippen MR) is 81.5 cm³/mol. The Morgan fingerprint density at radius 1 is 1.10 bits per heavy atom. The van der Waals surface area contributed by atoms with Crippen LogP contribution in [0, 0.1) is 16.7 Å². The van der Waals surface area contributed by atoms with Crippen molar-refractivity contribution >= 4 is 0 Å². The van der Waals surface area contributed by atoms with Gasteiger partial charge in [-0.25, -0.2) is 4.68 Å². The number of benzene rings is 1. The van der Waals surface area contributed by atoms with Gasteiger partial charge in [-0.15, -0.1) is 0 Å². The SMILES string of the molecule is CC1(C)C(C(N)c2cnn(-c3ccccc3)c2)C1(C)C. The number of hydrogen-bond donors (Lipinski definition) is 1. The molecule has 0 radical (unpaired) electrons. The Hall–Kier alpha value is -1.61. The predicted octanol–water partition coefficient (Wildman–Crippen LogP) is 3.55. The van der Waals surface area contributed by atoms with Crippen LogP contribution >= 0.6 is 0 Å². The van der Waals surface area contributed by atoms with Crippen molar-refractivity contribution in [2.24, 2.45) is 22.5 Å². The molecule has 0 saturated heterocycles. The van der Waals surface area contributed by atoms with Gasteiger partial charge in [0.2, 0.25) is 0 Å². The molecule has 3 nitrogen and oxygen atoms in total.